The molecule has 90 valence electrons. The van der Waals surface area contributed by atoms with Crippen LogP contribution in [-0.2, 0) is 14.9 Å². The van der Waals surface area contributed by atoms with Gasteiger partial charge in [-0.1, -0.05) is 6.92 Å². The minimum Gasteiger partial charge on any atom is -0.378 e. The number of morpholine rings is 1. The fraction of sp³-hybridized carbons (Fsp3) is 1.00. The van der Waals surface area contributed by atoms with Gasteiger partial charge in [-0.05, 0) is 20.3 Å². The molecule has 0 aliphatic carbocycles. The van der Waals surface area contributed by atoms with Gasteiger partial charge in [0.2, 0.25) is 0 Å². The van der Waals surface area contributed by atoms with E-state index in [0.29, 0.717) is 26.3 Å². The van der Waals surface area contributed by atoms with Crippen molar-refractivity contribution in [2.75, 3.05) is 26.3 Å². The van der Waals surface area contributed by atoms with Gasteiger partial charge in [-0.2, -0.15) is 12.7 Å². The topological polar surface area (TPSA) is 58.6 Å². The third-order valence-electron chi connectivity index (χ3n) is 2.39. The Morgan fingerprint density at radius 3 is 2.67 bits per heavy atom. The molecule has 1 fully saturated rings. The summed E-state index contributed by atoms with van der Waals surface area (Å²) in [5.41, 5.74) is -0.460. The van der Waals surface area contributed by atoms with Crippen LogP contribution in [0.4, 0.5) is 0 Å². The third kappa shape index (κ3) is 3.14. The van der Waals surface area contributed by atoms with Crippen LogP contribution in [0.25, 0.3) is 0 Å². The lowest BCUT2D eigenvalue weighted by molar-refractivity contribution is -0.00828. The third-order valence-corrected chi connectivity index (χ3v) is 4.22. The van der Waals surface area contributed by atoms with Crippen LogP contribution in [0, 0.1) is 0 Å². The minimum atomic E-state index is -3.35. The Bertz CT molecular complexity index is 300. The monoisotopic (exact) mass is 236 g/mol. The van der Waals surface area contributed by atoms with Gasteiger partial charge in [0.15, 0.2) is 0 Å². The summed E-state index contributed by atoms with van der Waals surface area (Å²) in [6.45, 7) is 7.50. The Morgan fingerprint density at radius 2 is 2.13 bits per heavy atom. The van der Waals surface area contributed by atoms with Crippen LogP contribution in [0.5, 0.6) is 0 Å². The van der Waals surface area contributed by atoms with Gasteiger partial charge < -0.3 is 4.74 Å². The second-order valence-corrected chi connectivity index (χ2v) is 6.02. The molecule has 0 amide bonds. The van der Waals surface area contributed by atoms with Crippen molar-refractivity contribution in [3.05, 3.63) is 0 Å². The average Bonchev–Trinajstić information content (AvgIpc) is 2.13. The molecule has 0 atom stereocenters. The first kappa shape index (κ1) is 12.9. The molecule has 6 heteroatoms. The lowest BCUT2D eigenvalue weighted by atomic mass is 10.1. The Hall–Kier alpha value is -0.170. The van der Waals surface area contributed by atoms with Gasteiger partial charge in [0.25, 0.3) is 10.2 Å². The van der Waals surface area contributed by atoms with Crippen molar-refractivity contribution in [1.82, 2.24) is 9.03 Å². The molecular formula is C9H20N2O3S. The zero-order valence-corrected chi connectivity index (χ0v) is 10.4. The average molecular weight is 236 g/mol. The van der Waals surface area contributed by atoms with Crippen LogP contribution in [0.2, 0.25) is 0 Å². The second kappa shape index (κ2) is 4.78. The number of nitrogens with one attached hydrogen (secondary N) is 1. The van der Waals surface area contributed by atoms with E-state index in [1.807, 2.05) is 20.8 Å². The Morgan fingerprint density at radius 1 is 1.47 bits per heavy atom. The Kier molecular flexibility index (Phi) is 4.11. The molecule has 15 heavy (non-hydrogen) atoms. The highest BCUT2D eigenvalue weighted by Crippen LogP contribution is 2.21. The Balaban J connectivity index is 2.76. The molecule has 0 aromatic heterocycles. The summed E-state index contributed by atoms with van der Waals surface area (Å²) in [4.78, 5) is 0. The van der Waals surface area contributed by atoms with Crippen LogP contribution >= 0.6 is 0 Å². The number of ether oxygens (including phenoxy) is 1. The standard InChI is InChI=1S/C9H20N2O3S/c1-4-5-10-15(12,13)11-6-7-14-8-9(11,2)3/h10H,4-8H2,1-3H3. The molecule has 0 aromatic carbocycles. The summed E-state index contributed by atoms with van der Waals surface area (Å²) in [6.07, 6.45) is 0.796. The second-order valence-electron chi connectivity index (χ2n) is 4.34. The summed E-state index contributed by atoms with van der Waals surface area (Å²) in [5, 5.41) is 0. The maximum absolute atomic E-state index is 11.9. The number of nitrogens with zero attached hydrogens (tertiary/aromatic N) is 1. The summed E-state index contributed by atoms with van der Waals surface area (Å²) >= 11 is 0. The lowest BCUT2D eigenvalue weighted by Gasteiger charge is -2.40. The summed E-state index contributed by atoms with van der Waals surface area (Å²) in [5.74, 6) is 0. The van der Waals surface area contributed by atoms with E-state index in [9.17, 15) is 8.42 Å². The van der Waals surface area contributed by atoms with E-state index >= 15 is 0 Å². The summed E-state index contributed by atoms with van der Waals surface area (Å²) in [6, 6.07) is 0. The summed E-state index contributed by atoms with van der Waals surface area (Å²) in [7, 11) is -3.35. The van der Waals surface area contributed by atoms with Gasteiger partial charge in [-0.3, -0.25) is 0 Å². The normalized spacial score (nSPS) is 22.9. The highest BCUT2D eigenvalue weighted by atomic mass is 32.2. The van der Waals surface area contributed by atoms with Crippen LogP contribution < -0.4 is 4.72 Å². The fourth-order valence-electron chi connectivity index (χ4n) is 1.60. The molecule has 0 aromatic rings. The molecule has 5 nitrogen and oxygen atoms in total. The molecule has 0 unspecified atom stereocenters. The largest absolute Gasteiger partial charge is 0.378 e. The highest BCUT2D eigenvalue weighted by molar-refractivity contribution is 7.87. The van der Waals surface area contributed by atoms with Gasteiger partial charge in [-0.25, -0.2) is 4.72 Å². The van der Waals surface area contributed by atoms with Crippen LogP contribution in [0.3, 0.4) is 0 Å². The number of hydrogen-bond acceptors (Lipinski definition) is 3. The predicted molar refractivity (Wildman–Crippen MR) is 58.8 cm³/mol. The van der Waals surface area contributed by atoms with E-state index in [0.717, 1.165) is 6.42 Å². The van der Waals surface area contributed by atoms with Gasteiger partial charge in [0.05, 0.1) is 18.8 Å². The molecule has 1 N–H and O–H groups in total. The van der Waals surface area contributed by atoms with E-state index in [-0.39, 0.29) is 0 Å². The predicted octanol–water partition coefficient (Wildman–Crippen LogP) is 0.342. The first-order valence-corrected chi connectivity index (χ1v) is 6.69. The quantitative estimate of drug-likeness (QED) is 0.766. The number of hydrogen-bond donors (Lipinski definition) is 1. The van der Waals surface area contributed by atoms with Crippen LogP contribution in [0.15, 0.2) is 0 Å². The van der Waals surface area contributed by atoms with Gasteiger partial charge in [-0.15, -0.1) is 0 Å². The van der Waals surface area contributed by atoms with Crippen molar-refractivity contribution in [2.45, 2.75) is 32.7 Å². The molecule has 0 bridgehead atoms. The summed E-state index contributed by atoms with van der Waals surface area (Å²) < 4.78 is 33.2. The zero-order valence-electron chi connectivity index (χ0n) is 9.62. The molecule has 1 aliphatic heterocycles. The molecule has 1 rings (SSSR count). The van der Waals surface area contributed by atoms with E-state index in [2.05, 4.69) is 4.72 Å². The molecule has 1 saturated heterocycles. The van der Waals surface area contributed by atoms with Crippen LogP contribution in [-0.4, -0.2) is 44.6 Å². The van der Waals surface area contributed by atoms with Crippen LogP contribution in [0.1, 0.15) is 27.2 Å². The molecular weight excluding hydrogens is 216 g/mol. The van der Waals surface area contributed by atoms with E-state index in [1.54, 1.807) is 0 Å². The first-order chi connectivity index (χ1) is 6.90. The first-order valence-electron chi connectivity index (χ1n) is 5.25. The Labute approximate surface area is 92.0 Å². The molecule has 1 heterocycles. The molecule has 0 saturated carbocycles. The van der Waals surface area contributed by atoms with Gasteiger partial charge >= 0.3 is 0 Å². The zero-order chi connectivity index (χ0) is 11.5. The molecule has 1 aliphatic rings. The van der Waals surface area contributed by atoms with E-state index < -0.39 is 15.7 Å². The molecule has 0 radical (unpaired) electrons. The minimum absolute atomic E-state index is 0.423. The van der Waals surface area contributed by atoms with Crippen molar-refractivity contribution in [1.29, 1.82) is 0 Å². The van der Waals surface area contributed by atoms with E-state index in [1.165, 1.54) is 4.31 Å². The molecule has 0 spiro atoms. The highest BCUT2D eigenvalue weighted by Gasteiger charge is 2.38. The van der Waals surface area contributed by atoms with Gasteiger partial charge in [0.1, 0.15) is 0 Å². The fourth-order valence-corrected chi connectivity index (χ4v) is 3.23. The smallest absolute Gasteiger partial charge is 0.280 e. The van der Waals surface area contributed by atoms with Crippen molar-refractivity contribution in [3.63, 3.8) is 0 Å². The van der Waals surface area contributed by atoms with Crippen molar-refractivity contribution in [3.8, 4) is 0 Å². The number of rotatable bonds is 4. The van der Waals surface area contributed by atoms with Crippen molar-refractivity contribution in [2.24, 2.45) is 0 Å². The SMILES string of the molecule is CCCNS(=O)(=O)N1CCOCC1(C)C. The van der Waals surface area contributed by atoms with Crippen molar-refractivity contribution < 1.29 is 13.2 Å². The maximum Gasteiger partial charge on any atom is 0.280 e. The van der Waals surface area contributed by atoms with Crippen molar-refractivity contribution >= 4 is 10.2 Å². The van der Waals surface area contributed by atoms with Gasteiger partial charge in [0, 0.05) is 13.1 Å². The van der Waals surface area contributed by atoms with E-state index in [4.69, 9.17) is 4.74 Å². The lowest BCUT2D eigenvalue weighted by Crippen LogP contribution is -2.58. The maximum atomic E-state index is 11.9.